The summed E-state index contributed by atoms with van der Waals surface area (Å²) in [4.78, 5) is 1.92. The van der Waals surface area contributed by atoms with Crippen LogP contribution in [-0.2, 0) is 6.18 Å². The minimum Gasteiger partial charge on any atom is -0.293 e. The van der Waals surface area contributed by atoms with Gasteiger partial charge in [-0.25, -0.2) is 4.39 Å². The van der Waals surface area contributed by atoms with Crippen molar-refractivity contribution in [3.63, 3.8) is 0 Å². The summed E-state index contributed by atoms with van der Waals surface area (Å²) >= 11 is 0. The van der Waals surface area contributed by atoms with Gasteiger partial charge in [0.1, 0.15) is 5.82 Å². The summed E-state index contributed by atoms with van der Waals surface area (Å²) in [5.74, 6) is -0.873. The molecule has 0 saturated heterocycles. The Kier molecular flexibility index (Phi) is 5.09. The smallest absolute Gasteiger partial charge is 0.293 e. The van der Waals surface area contributed by atoms with Gasteiger partial charge >= 0.3 is 6.18 Å². The van der Waals surface area contributed by atoms with Gasteiger partial charge in [0.2, 0.25) is 0 Å². The molecular weight excluding hydrogens is 306 g/mol. The predicted octanol–water partition coefficient (Wildman–Crippen LogP) is 5.60. The van der Waals surface area contributed by atoms with Crippen molar-refractivity contribution >= 4 is 0 Å². The average Bonchev–Trinajstić information content (AvgIpc) is 2.52. The first-order valence-corrected chi connectivity index (χ1v) is 7.34. The third-order valence-corrected chi connectivity index (χ3v) is 4.23. The first-order chi connectivity index (χ1) is 10.7. The second kappa shape index (κ2) is 6.71. The Morgan fingerprint density at radius 1 is 0.870 bits per heavy atom. The second-order valence-corrected chi connectivity index (χ2v) is 5.70. The van der Waals surface area contributed by atoms with E-state index in [-0.39, 0.29) is 12.1 Å². The highest BCUT2D eigenvalue weighted by Gasteiger charge is 2.32. The summed E-state index contributed by atoms with van der Waals surface area (Å²) in [7, 11) is 1.82. The molecule has 2 aromatic carbocycles. The molecule has 124 valence electrons. The van der Waals surface area contributed by atoms with E-state index in [0.29, 0.717) is 11.6 Å². The van der Waals surface area contributed by atoms with E-state index < -0.39 is 17.6 Å². The van der Waals surface area contributed by atoms with Gasteiger partial charge in [0, 0.05) is 12.1 Å². The Balaban J connectivity index is 2.29. The van der Waals surface area contributed by atoms with Gasteiger partial charge in [0.05, 0.1) is 5.56 Å². The van der Waals surface area contributed by atoms with Gasteiger partial charge in [-0.1, -0.05) is 30.3 Å². The summed E-state index contributed by atoms with van der Waals surface area (Å²) in [5.41, 5.74) is 0.400. The fourth-order valence-electron chi connectivity index (χ4n) is 2.55. The van der Waals surface area contributed by atoms with E-state index in [9.17, 15) is 17.6 Å². The summed E-state index contributed by atoms with van der Waals surface area (Å²) in [6, 6.07) is 12.0. The molecule has 0 fully saturated rings. The molecule has 0 heterocycles. The van der Waals surface area contributed by atoms with Crippen LogP contribution in [0.5, 0.6) is 0 Å². The summed E-state index contributed by atoms with van der Waals surface area (Å²) in [6.07, 6.45) is -4.56. The number of rotatable bonds is 4. The number of benzene rings is 2. The fourth-order valence-corrected chi connectivity index (χ4v) is 2.55. The third kappa shape index (κ3) is 4.10. The van der Waals surface area contributed by atoms with Crippen LogP contribution in [0.3, 0.4) is 0 Å². The quantitative estimate of drug-likeness (QED) is 0.662. The van der Waals surface area contributed by atoms with Crippen molar-refractivity contribution in [2.45, 2.75) is 32.1 Å². The standard InChI is InChI=1S/C18H19F4N/c1-12(14-7-5-4-6-8-14)23(3)13(2)15-9-16(18(20,21)22)11-17(19)10-15/h4-13H,1-3H3/t12-,13?/m1/s1. The summed E-state index contributed by atoms with van der Waals surface area (Å²) < 4.78 is 52.2. The van der Waals surface area contributed by atoms with Crippen molar-refractivity contribution in [2.75, 3.05) is 7.05 Å². The van der Waals surface area contributed by atoms with E-state index in [2.05, 4.69) is 0 Å². The van der Waals surface area contributed by atoms with Crippen LogP contribution in [0.4, 0.5) is 17.6 Å². The SMILES string of the molecule is CC(c1cc(F)cc(C(F)(F)F)c1)N(C)[C@H](C)c1ccccc1. The monoisotopic (exact) mass is 325 g/mol. The Hall–Kier alpha value is -1.88. The maximum absolute atomic E-state index is 13.6. The molecule has 0 aromatic heterocycles. The molecule has 23 heavy (non-hydrogen) atoms. The zero-order chi connectivity index (χ0) is 17.2. The third-order valence-electron chi connectivity index (χ3n) is 4.23. The summed E-state index contributed by atoms with van der Waals surface area (Å²) in [5, 5.41) is 0. The van der Waals surface area contributed by atoms with E-state index in [1.165, 1.54) is 0 Å². The lowest BCUT2D eigenvalue weighted by atomic mass is 10.00. The average molecular weight is 325 g/mol. The van der Waals surface area contributed by atoms with E-state index >= 15 is 0 Å². The lowest BCUT2D eigenvalue weighted by molar-refractivity contribution is -0.137. The first-order valence-electron chi connectivity index (χ1n) is 7.34. The highest BCUT2D eigenvalue weighted by Crippen LogP contribution is 2.34. The van der Waals surface area contributed by atoms with E-state index in [0.717, 1.165) is 17.7 Å². The van der Waals surface area contributed by atoms with E-state index in [1.54, 1.807) is 6.92 Å². The number of hydrogen-bond donors (Lipinski definition) is 0. The van der Waals surface area contributed by atoms with Gasteiger partial charge < -0.3 is 0 Å². The van der Waals surface area contributed by atoms with Crippen molar-refractivity contribution in [3.8, 4) is 0 Å². The molecule has 2 rings (SSSR count). The van der Waals surface area contributed by atoms with E-state index in [4.69, 9.17) is 0 Å². The number of halogens is 4. The van der Waals surface area contributed by atoms with Crippen molar-refractivity contribution in [2.24, 2.45) is 0 Å². The number of alkyl halides is 3. The van der Waals surface area contributed by atoms with Gasteiger partial charge in [-0.3, -0.25) is 4.90 Å². The normalized spacial score (nSPS) is 14.8. The largest absolute Gasteiger partial charge is 0.416 e. The molecule has 2 atom stereocenters. The zero-order valence-electron chi connectivity index (χ0n) is 13.2. The molecule has 0 aliphatic carbocycles. The molecule has 0 aliphatic rings. The Morgan fingerprint density at radius 2 is 1.43 bits per heavy atom. The Bertz CT molecular complexity index is 652. The molecule has 0 spiro atoms. The van der Waals surface area contributed by atoms with Crippen molar-refractivity contribution in [1.82, 2.24) is 4.90 Å². The number of hydrogen-bond acceptors (Lipinski definition) is 1. The molecular formula is C18H19F4N. The summed E-state index contributed by atoms with van der Waals surface area (Å²) in [6.45, 7) is 3.74. The van der Waals surface area contributed by atoms with Crippen LogP contribution in [0.2, 0.25) is 0 Å². The first kappa shape index (κ1) is 17.5. The topological polar surface area (TPSA) is 3.24 Å². The lowest BCUT2D eigenvalue weighted by Crippen LogP contribution is -2.26. The van der Waals surface area contributed by atoms with Crippen molar-refractivity contribution in [1.29, 1.82) is 0 Å². The van der Waals surface area contributed by atoms with Crippen LogP contribution in [0.25, 0.3) is 0 Å². The zero-order valence-corrected chi connectivity index (χ0v) is 13.2. The van der Waals surface area contributed by atoms with Crippen molar-refractivity contribution < 1.29 is 17.6 Å². The highest BCUT2D eigenvalue weighted by atomic mass is 19.4. The molecule has 0 radical (unpaired) electrons. The minimum absolute atomic E-state index is 0.0104. The highest BCUT2D eigenvalue weighted by molar-refractivity contribution is 5.29. The van der Waals surface area contributed by atoms with Crippen molar-refractivity contribution in [3.05, 3.63) is 71.0 Å². The van der Waals surface area contributed by atoms with Gasteiger partial charge in [0.25, 0.3) is 0 Å². The van der Waals surface area contributed by atoms with Gasteiger partial charge in [0.15, 0.2) is 0 Å². The Morgan fingerprint density at radius 3 is 2.00 bits per heavy atom. The van der Waals surface area contributed by atoms with Crippen LogP contribution in [0, 0.1) is 5.82 Å². The lowest BCUT2D eigenvalue weighted by Gasteiger charge is -2.31. The molecule has 0 saturated carbocycles. The fraction of sp³-hybridized carbons (Fsp3) is 0.333. The van der Waals surface area contributed by atoms with Crippen LogP contribution >= 0.6 is 0 Å². The molecule has 0 bridgehead atoms. The molecule has 2 aromatic rings. The van der Waals surface area contributed by atoms with Crippen LogP contribution in [-0.4, -0.2) is 11.9 Å². The maximum atomic E-state index is 13.6. The van der Waals surface area contributed by atoms with Crippen LogP contribution < -0.4 is 0 Å². The minimum atomic E-state index is -4.56. The second-order valence-electron chi connectivity index (χ2n) is 5.70. The molecule has 5 heteroatoms. The van der Waals surface area contributed by atoms with Gasteiger partial charge in [-0.2, -0.15) is 13.2 Å². The molecule has 0 aliphatic heterocycles. The predicted molar refractivity (Wildman–Crippen MR) is 82.4 cm³/mol. The van der Waals surface area contributed by atoms with Crippen LogP contribution in [0.1, 0.15) is 42.6 Å². The Labute approximate surface area is 133 Å². The molecule has 1 unspecified atom stereocenters. The molecule has 0 N–H and O–H groups in total. The maximum Gasteiger partial charge on any atom is 0.416 e. The molecule has 1 nitrogen and oxygen atoms in total. The van der Waals surface area contributed by atoms with Gasteiger partial charge in [-0.15, -0.1) is 0 Å². The van der Waals surface area contributed by atoms with Crippen LogP contribution in [0.15, 0.2) is 48.5 Å². The van der Waals surface area contributed by atoms with Gasteiger partial charge in [-0.05, 0) is 50.2 Å². The molecule has 0 amide bonds. The number of nitrogens with zero attached hydrogens (tertiary/aromatic N) is 1. The van der Waals surface area contributed by atoms with E-state index in [1.807, 2.05) is 49.2 Å².